The molecular weight excluding hydrogens is 472 g/mol. The number of nitrogens with one attached hydrogen (secondary N) is 1. The molecule has 0 saturated heterocycles. The summed E-state index contributed by atoms with van der Waals surface area (Å²) >= 11 is 2.83. The number of esters is 1. The second-order valence-corrected chi connectivity index (χ2v) is 8.82. The van der Waals surface area contributed by atoms with Crippen molar-refractivity contribution >= 4 is 40.7 Å². The van der Waals surface area contributed by atoms with Gasteiger partial charge in [0.2, 0.25) is 5.91 Å². The van der Waals surface area contributed by atoms with E-state index in [-0.39, 0.29) is 11.7 Å². The van der Waals surface area contributed by atoms with Crippen LogP contribution in [0.15, 0.2) is 71.2 Å². The molecule has 1 amide bonds. The molecule has 4 rings (SSSR count). The molecule has 2 aromatic heterocycles. The zero-order valence-corrected chi connectivity index (χ0v) is 20.2. The molecule has 0 bridgehead atoms. The Morgan fingerprint density at radius 2 is 1.85 bits per heavy atom. The summed E-state index contributed by atoms with van der Waals surface area (Å²) in [4.78, 5) is 25.3. The van der Waals surface area contributed by atoms with Crippen molar-refractivity contribution in [3.63, 3.8) is 0 Å². The first kappa shape index (κ1) is 23.5. The highest BCUT2D eigenvalue weighted by Crippen LogP contribution is 2.34. The van der Waals surface area contributed by atoms with Crippen LogP contribution in [-0.2, 0) is 9.53 Å². The van der Waals surface area contributed by atoms with Crippen molar-refractivity contribution in [3.05, 3.63) is 71.6 Å². The average molecular weight is 495 g/mol. The number of aromatic nitrogens is 3. The van der Waals surface area contributed by atoms with E-state index in [2.05, 4.69) is 15.5 Å². The molecule has 10 heteroatoms. The van der Waals surface area contributed by atoms with Crippen molar-refractivity contribution in [3.8, 4) is 22.1 Å². The SMILES string of the molecule is CCOC(=O)c1ccc(NC(=O)CSc2nnc(-c3cccs3)n2-c2ccccc2OC)cc1. The largest absolute Gasteiger partial charge is 0.495 e. The lowest BCUT2D eigenvalue weighted by Crippen LogP contribution is -2.15. The Labute approximate surface area is 204 Å². The number of ether oxygens (including phenoxy) is 2. The highest BCUT2D eigenvalue weighted by Gasteiger charge is 2.20. The minimum atomic E-state index is -0.395. The van der Waals surface area contributed by atoms with Crippen LogP contribution in [0.2, 0.25) is 0 Å². The van der Waals surface area contributed by atoms with Crippen LogP contribution in [0.4, 0.5) is 5.69 Å². The number of anilines is 1. The number of benzene rings is 2. The van der Waals surface area contributed by atoms with Crippen LogP contribution in [0.3, 0.4) is 0 Å². The van der Waals surface area contributed by atoms with Crippen molar-refractivity contribution in [2.75, 3.05) is 24.8 Å². The maximum atomic E-state index is 12.6. The molecule has 1 N–H and O–H groups in total. The number of amides is 1. The Morgan fingerprint density at radius 1 is 1.06 bits per heavy atom. The van der Waals surface area contributed by atoms with Gasteiger partial charge in [-0.3, -0.25) is 9.36 Å². The minimum Gasteiger partial charge on any atom is -0.495 e. The Balaban J connectivity index is 1.51. The highest BCUT2D eigenvalue weighted by atomic mass is 32.2. The number of para-hydroxylation sites is 2. The predicted octanol–water partition coefficient (Wildman–Crippen LogP) is 4.91. The number of carbonyl (C=O) groups excluding carboxylic acids is 2. The lowest BCUT2D eigenvalue weighted by Gasteiger charge is -2.13. The first-order chi connectivity index (χ1) is 16.6. The lowest BCUT2D eigenvalue weighted by molar-refractivity contribution is -0.113. The molecule has 0 unspecified atom stereocenters. The summed E-state index contributed by atoms with van der Waals surface area (Å²) in [5.74, 6) is 0.872. The zero-order chi connectivity index (χ0) is 23.9. The number of carbonyl (C=O) groups is 2. The smallest absolute Gasteiger partial charge is 0.338 e. The van der Waals surface area contributed by atoms with Crippen LogP contribution in [0, 0.1) is 0 Å². The van der Waals surface area contributed by atoms with Gasteiger partial charge in [0.15, 0.2) is 11.0 Å². The summed E-state index contributed by atoms with van der Waals surface area (Å²) in [7, 11) is 1.61. The lowest BCUT2D eigenvalue weighted by atomic mass is 10.2. The van der Waals surface area contributed by atoms with Gasteiger partial charge in [0.1, 0.15) is 5.75 Å². The van der Waals surface area contributed by atoms with Crippen molar-refractivity contribution in [2.45, 2.75) is 12.1 Å². The van der Waals surface area contributed by atoms with Gasteiger partial charge in [-0.1, -0.05) is 30.0 Å². The van der Waals surface area contributed by atoms with Gasteiger partial charge < -0.3 is 14.8 Å². The van der Waals surface area contributed by atoms with Crippen molar-refractivity contribution in [2.24, 2.45) is 0 Å². The molecule has 0 spiro atoms. The molecule has 0 atom stereocenters. The third-order valence-electron chi connectivity index (χ3n) is 4.71. The van der Waals surface area contributed by atoms with E-state index in [9.17, 15) is 9.59 Å². The number of hydrogen-bond acceptors (Lipinski definition) is 8. The Kier molecular flexibility index (Phi) is 7.61. The van der Waals surface area contributed by atoms with Gasteiger partial charge in [-0.25, -0.2) is 4.79 Å². The van der Waals surface area contributed by atoms with Crippen LogP contribution in [0.1, 0.15) is 17.3 Å². The molecule has 2 heterocycles. The van der Waals surface area contributed by atoms with E-state index in [4.69, 9.17) is 9.47 Å². The fourth-order valence-electron chi connectivity index (χ4n) is 3.19. The molecule has 34 heavy (non-hydrogen) atoms. The third kappa shape index (κ3) is 5.29. The molecular formula is C24H22N4O4S2. The van der Waals surface area contributed by atoms with Crippen molar-refractivity contribution in [1.82, 2.24) is 14.8 Å². The molecule has 0 fully saturated rings. The molecule has 0 radical (unpaired) electrons. The van der Waals surface area contributed by atoms with E-state index in [0.717, 1.165) is 10.6 Å². The van der Waals surface area contributed by atoms with Gasteiger partial charge >= 0.3 is 5.97 Å². The third-order valence-corrected chi connectivity index (χ3v) is 6.51. The quantitative estimate of drug-likeness (QED) is 0.261. The second-order valence-electron chi connectivity index (χ2n) is 6.93. The van der Waals surface area contributed by atoms with Crippen LogP contribution in [0.5, 0.6) is 5.75 Å². The number of methoxy groups -OCH3 is 1. The highest BCUT2D eigenvalue weighted by molar-refractivity contribution is 7.99. The topological polar surface area (TPSA) is 95.3 Å². The maximum Gasteiger partial charge on any atom is 0.338 e. The van der Waals surface area contributed by atoms with E-state index >= 15 is 0 Å². The number of hydrogen-bond donors (Lipinski definition) is 1. The standard InChI is InChI=1S/C24H22N4O4S2/c1-3-32-23(30)16-10-12-17(13-11-16)25-21(29)15-34-24-27-26-22(20-9-6-14-33-20)28(24)18-7-4-5-8-19(18)31-2/h4-14H,3,15H2,1-2H3,(H,25,29). The van der Waals surface area contributed by atoms with E-state index in [0.29, 0.717) is 34.6 Å². The molecule has 174 valence electrons. The van der Waals surface area contributed by atoms with Crippen LogP contribution >= 0.6 is 23.1 Å². The maximum absolute atomic E-state index is 12.6. The fraction of sp³-hybridized carbons (Fsp3) is 0.167. The van der Waals surface area contributed by atoms with E-state index in [1.807, 2.05) is 46.3 Å². The van der Waals surface area contributed by atoms with Crippen LogP contribution in [-0.4, -0.2) is 46.1 Å². The Hall–Kier alpha value is -3.63. The Morgan fingerprint density at radius 3 is 2.56 bits per heavy atom. The Bertz CT molecular complexity index is 1270. The molecule has 0 aliphatic heterocycles. The number of rotatable bonds is 9. The van der Waals surface area contributed by atoms with Crippen molar-refractivity contribution < 1.29 is 19.1 Å². The summed E-state index contributed by atoms with van der Waals surface area (Å²) in [6, 6.07) is 18.1. The number of nitrogens with zero attached hydrogens (tertiary/aromatic N) is 3. The van der Waals surface area contributed by atoms with Crippen LogP contribution in [0.25, 0.3) is 16.4 Å². The van der Waals surface area contributed by atoms with E-state index in [1.54, 1.807) is 49.6 Å². The first-order valence-corrected chi connectivity index (χ1v) is 12.3. The monoisotopic (exact) mass is 494 g/mol. The molecule has 0 saturated carbocycles. The summed E-state index contributed by atoms with van der Waals surface area (Å²) in [5.41, 5.74) is 1.81. The minimum absolute atomic E-state index is 0.122. The number of thioether (sulfide) groups is 1. The van der Waals surface area contributed by atoms with Crippen molar-refractivity contribution in [1.29, 1.82) is 0 Å². The summed E-state index contributed by atoms with van der Waals surface area (Å²) < 4.78 is 12.4. The number of thiophene rings is 1. The van der Waals surface area contributed by atoms with Gasteiger partial charge in [-0.15, -0.1) is 21.5 Å². The molecule has 4 aromatic rings. The molecule has 0 aliphatic rings. The van der Waals surface area contributed by atoms with Gasteiger partial charge in [-0.2, -0.15) is 0 Å². The first-order valence-electron chi connectivity index (χ1n) is 10.4. The van der Waals surface area contributed by atoms with E-state index < -0.39 is 5.97 Å². The predicted molar refractivity (Wildman–Crippen MR) is 133 cm³/mol. The van der Waals surface area contributed by atoms with Gasteiger partial charge in [0.05, 0.1) is 35.6 Å². The van der Waals surface area contributed by atoms with Gasteiger partial charge in [0.25, 0.3) is 0 Å². The van der Waals surface area contributed by atoms with Crippen LogP contribution < -0.4 is 10.1 Å². The van der Waals surface area contributed by atoms with Gasteiger partial charge in [-0.05, 0) is 54.8 Å². The van der Waals surface area contributed by atoms with Gasteiger partial charge in [0, 0.05) is 5.69 Å². The normalized spacial score (nSPS) is 10.6. The summed E-state index contributed by atoms with van der Waals surface area (Å²) in [5, 5.41) is 14.1. The summed E-state index contributed by atoms with van der Waals surface area (Å²) in [6.45, 7) is 2.06. The fourth-order valence-corrected chi connectivity index (χ4v) is 4.63. The summed E-state index contributed by atoms with van der Waals surface area (Å²) in [6.07, 6.45) is 0. The second kappa shape index (κ2) is 11.0. The van der Waals surface area contributed by atoms with E-state index in [1.165, 1.54) is 11.8 Å². The molecule has 0 aliphatic carbocycles. The molecule has 2 aromatic carbocycles. The zero-order valence-electron chi connectivity index (χ0n) is 18.6. The average Bonchev–Trinajstić information content (AvgIpc) is 3.53. The molecule has 8 nitrogen and oxygen atoms in total.